The Kier molecular flexibility index (Phi) is 7.44. The van der Waals surface area contributed by atoms with E-state index in [9.17, 15) is 14.7 Å². The number of aromatic nitrogens is 1. The Balaban J connectivity index is 1.28. The first-order valence-corrected chi connectivity index (χ1v) is 11.0. The topological polar surface area (TPSA) is 101 Å². The lowest BCUT2D eigenvalue weighted by molar-refractivity contribution is -0.126. The molecular formula is C26H27N3O4. The number of amides is 2. The molecule has 1 aromatic heterocycles. The normalized spacial score (nSPS) is 20.1. The molecule has 1 fully saturated rings. The van der Waals surface area contributed by atoms with Gasteiger partial charge in [0, 0.05) is 23.6 Å². The van der Waals surface area contributed by atoms with Gasteiger partial charge in [0.25, 0.3) is 5.91 Å². The zero-order chi connectivity index (χ0) is 23.0. The van der Waals surface area contributed by atoms with Crippen molar-refractivity contribution in [3.63, 3.8) is 0 Å². The molecule has 2 aromatic carbocycles. The highest BCUT2D eigenvalue weighted by molar-refractivity contribution is 5.94. The predicted molar refractivity (Wildman–Crippen MR) is 126 cm³/mol. The summed E-state index contributed by atoms with van der Waals surface area (Å²) >= 11 is 0. The Hall–Kier alpha value is -3.55. The van der Waals surface area contributed by atoms with Crippen LogP contribution in [-0.2, 0) is 9.53 Å². The van der Waals surface area contributed by atoms with E-state index >= 15 is 0 Å². The van der Waals surface area contributed by atoms with Crippen LogP contribution in [0.25, 0.3) is 11.1 Å². The van der Waals surface area contributed by atoms with Gasteiger partial charge in [0.2, 0.25) is 5.91 Å². The van der Waals surface area contributed by atoms with Crippen LogP contribution in [0.15, 0.2) is 79.1 Å². The number of aliphatic hydroxyl groups excluding tert-OH is 1. The summed E-state index contributed by atoms with van der Waals surface area (Å²) in [5.41, 5.74) is 3.42. The molecule has 7 heteroatoms. The average Bonchev–Trinajstić information content (AvgIpc) is 2.86. The van der Waals surface area contributed by atoms with E-state index in [0.717, 1.165) is 16.8 Å². The molecule has 7 nitrogen and oxygen atoms in total. The molecule has 3 atom stereocenters. The molecule has 0 bridgehead atoms. The van der Waals surface area contributed by atoms with E-state index in [1.807, 2.05) is 54.6 Å². The van der Waals surface area contributed by atoms with Crippen molar-refractivity contribution < 1.29 is 19.4 Å². The maximum Gasteiger partial charge on any atom is 0.251 e. The zero-order valence-corrected chi connectivity index (χ0v) is 18.2. The number of hydrogen-bond donors (Lipinski definition) is 3. The molecule has 0 aliphatic carbocycles. The number of carbonyl (C=O) groups is 2. The minimum Gasteiger partial charge on any atom is -0.394 e. The van der Waals surface area contributed by atoms with Crippen molar-refractivity contribution in [3.05, 3.63) is 84.7 Å². The molecule has 4 rings (SSSR count). The molecule has 1 aliphatic rings. The third-order valence-electron chi connectivity index (χ3n) is 5.74. The molecule has 2 amide bonds. The van der Waals surface area contributed by atoms with Crippen molar-refractivity contribution in [2.75, 3.05) is 11.9 Å². The molecule has 0 saturated carbocycles. The van der Waals surface area contributed by atoms with Gasteiger partial charge in [-0.25, -0.2) is 0 Å². The van der Waals surface area contributed by atoms with Crippen molar-refractivity contribution in [1.29, 1.82) is 0 Å². The molecule has 1 aliphatic heterocycles. The number of benzene rings is 2. The molecule has 170 valence electrons. The minimum absolute atomic E-state index is 0.150. The van der Waals surface area contributed by atoms with E-state index in [1.165, 1.54) is 0 Å². The van der Waals surface area contributed by atoms with Gasteiger partial charge in [0.1, 0.15) is 6.10 Å². The number of nitrogens with zero attached hydrogens (tertiary/aromatic N) is 1. The number of rotatable bonds is 7. The van der Waals surface area contributed by atoms with Gasteiger partial charge in [-0.2, -0.15) is 0 Å². The summed E-state index contributed by atoms with van der Waals surface area (Å²) in [6.45, 7) is -0.236. The number of carbonyl (C=O) groups excluding carboxylic acids is 2. The molecular weight excluding hydrogens is 418 g/mol. The van der Waals surface area contributed by atoms with E-state index in [2.05, 4.69) is 15.6 Å². The summed E-state index contributed by atoms with van der Waals surface area (Å²) in [5, 5.41) is 15.6. The highest BCUT2D eigenvalue weighted by Crippen LogP contribution is 2.24. The van der Waals surface area contributed by atoms with Crippen molar-refractivity contribution in [2.24, 2.45) is 0 Å². The largest absolute Gasteiger partial charge is 0.394 e. The lowest BCUT2D eigenvalue weighted by Gasteiger charge is -2.36. The smallest absolute Gasteiger partial charge is 0.251 e. The van der Waals surface area contributed by atoms with Crippen LogP contribution >= 0.6 is 0 Å². The third-order valence-corrected chi connectivity index (χ3v) is 5.74. The van der Waals surface area contributed by atoms with Gasteiger partial charge in [-0.05, 0) is 48.2 Å². The Bertz CT molecular complexity index is 1060. The van der Waals surface area contributed by atoms with E-state index in [-0.39, 0.29) is 37.0 Å². The highest BCUT2D eigenvalue weighted by atomic mass is 16.5. The second-order valence-electron chi connectivity index (χ2n) is 8.07. The van der Waals surface area contributed by atoms with Gasteiger partial charge >= 0.3 is 0 Å². The molecule has 33 heavy (non-hydrogen) atoms. The summed E-state index contributed by atoms with van der Waals surface area (Å²) in [6, 6.07) is 20.7. The standard InChI is InChI=1S/C26H27N3O4/c30-17-24-23(29-26(32)20-12-14-27-15-13-20)11-10-22(33-24)16-25(31)28-21-8-6-19(7-9-21)18-4-2-1-3-5-18/h1-9,12-15,22-24,30H,10-11,16-17H2,(H,28,31)(H,29,32)/t22-,23+,24+/m0/s1. The van der Waals surface area contributed by atoms with Crippen LogP contribution in [0.3, 0.4) is 0 Å². The van der Waals surface area contributed by atoms with E-state index in [0.29, 0.717) is 18.4 Å². The Morgan fingerprint density at radius 2 is 1.64 bits per heavy atom. The lowest BCUT2D eigenvalue weighted by atomic mass is 9.96. The highest BCUT2D eigenvalue weighted by Gasteiger charge is 2.33. The Morgan fingerprint density at radius 3 is 2.33 bits per heavy atom. The summed E-state index contributed by atoms with van der Waals surface area (Å²) < 4.78 is 5.93. The lowest BCUT2D eigenvalue weighted by Crippen LogP contribution is -2.51. The SMILES string of the molecule is O=C(C[C@@H]1CC[C@@H](NC(=O)c2ccncc2)[C@@H](CO)O1)Nc1ccc(-c2ccccc2)cc1. The fourth-order valence-corrected chi connectivity index (χ4v) is 4.00. The van der Waals surface area contributed by atoms with E-state index < -0.39 is 6.10 Å². The second kappa shape index (κ2) is 10.8. The van der Waals surface area contributed by atoms with Crippen LogP contribution < -0.4 is 10.6 Å². The summed E-state index contributed by atoms with van der Waals surface area (Å²) in [7, 11) is 0. The first-order chi connectivity index (χ1) is 16.1. The first-order valence-electron chi connectivity index (χ1n) is 11.0. The summed E-state index contributed by atoms with van der Waals surface area (Å²) in [6.07, 6.45) is 3.64. The Morgan fingerprint density at radius 1 is 0.939 bits per heavy atom. The molecule has 3 N–H and O–H groups in total. The second-order valence-corrected chi connectivity index (χ2v) is 8.07. The van der Waals surface area contributed by atoms with Crippen molar-refractivity contribution in [2.45, 2.75) is 37.5 Å². The fraction of sp³-hybridized carbons (Fsp3) is 0.269. The van der Waals surface area contributed by atoms with Crippen LogP contribution in [0.1, 0.15) is 29.6 Å². The van der Waals surface area contributed by atoms with Gasteiger partial charge in [0.05, 0.1) is 25.2 Å². The molecule has 2 heterocycles. The molecule has 0 unspecified atom stereocenters. The molecule has 3 aromatic rings. The number of aliphatic hydroxyl groups is 1. The van der Waals surface area contributed by atoms with Crippen molar-refractivity contribution in [1.82, 2.24) is 10.3 Å². The van der Waals surface area contributed by atoms with Gasteiger partial charge in [0.15, 0.2) is 0 Å². The van der Waals surface area contributed by atoms with E-state index in [1.54, 1.807) is 24.5 Å². The zero-order valence-electron chi connectivity index (χ0n) is 18.2. The number of anilines is 1. The average molecular weight is 446 g/mol. The maximum absolute atomic E-state index is 12.5. The van der Waals surface area contributed by atoms with E-state index in [4.69, 9.17) is 4.74 Å². The van der Waals surface area contributed by atoms with Crippen LogP contribution in [-0.4, -0.2) is 46.8 Å². The molecule has 0 spiro atoms. The monoisotopic (exact) mass is 445 g/mol. The molecule has 1 saturated heterocycles. The number of pyridine rings is 1. The minimum atomic E-state index is -0.563. The third kappa shape index (κ3) is 6.03. The number of nitrogens with one attached hydrogen (secondary N) is 2. The van der Waals surface area contributed by atoms with Crippen LogP contribution in [0, 0.1) is 0 Å². The van der Waals surface area contributed by atoms with Gasteiger partial charge in [-0.3, -0.25) is 14.6 Å². The quantitative estimate of drug-likeness (QED) is 0.517. The van der Waals surface area contributed by atoms with Crippen molar-refractivity contribution in [3.8, 4) is 11.1 Å². The van der Waals surface area contributed by atoms with Gasteiger partial charge < -0.3 is 20.5 Å². The van der Waals surface area contributed by atoms with Gasteiger partial charge in [-0.1, -0.05) is 42.5 Å². The summed E-state index contributed by atoms with van der Waals surface area (Å²) in [5.74, 6) is -0.386. The predicted octanol–water partition coefficient (Wildman–Crippen LogP) is 3.42. The summed E-state index contributed by atoms with van der Waals surface area (Å²) in [4.78, 5) is 28.9. The number of ether oxygens (including phenoxy) is 1. The maximum atomic E-state index is 12.5. The van der Waals surface area contributed by atoms with Crippen LogP contribution in [0.2, 0.25) is 0 Å². The number of hydrogen-bond acceptors (Lipinski definition) is 5. The van der Waals surface area contributed by atoms with Crippen LogP contribution in [0.5, 0.6) is 0 Å². The van der Waals surface area contributed by atoms with Crippen LogP contribution in [0.4, 0.5) is 5.69 Å². The Labute approximate surface area is 192 Å². The van der Waals surface area contributed by atoms with Crippen molar-refractivity contribution >= 4 is 17.5 Å². The molecule has 0 radical (unpaired) electrons. The van der Waals surface area contributed by atoms with Gasteiger partial charge in [-0.15, -0.1) is 0 Å². The first kappa shape index (κ1) is 22.6. The fourth-order valence-electron chi connectivity index (χ4n) is 4.00.